The Balaban J connectivity index is 2.62. The van der Waals surface area contributed by atoms with Crippen molar-refractivity contribution in [3.05, 3.63) is 33.6 Å². The molecule has 2 heterocycles. The molecule has 4 heteroatoms. The Kier molecular flexibility index (Phi) is 2.76. The molecule has 2 nitrogen and oxygen atoms in total. The summed E-state index contributed by atoms with van der Waals surface area (Å²) in [6, 6.07) is 4.16. The second-order valence-corrected chi connectivity index (χ2v) is 5.09. The summed E-state index contributed by atoms with van der Waals surface area (Å²) in [6.07, 6.45) is 0. The molecule has 0 spiro atoms. The maximum atomic E-state index is 6.03. The van der Waals surface area contributed by atoms with Gasteiger partial charge in [-0.1, -0.05) is 11.6 Å². The Morgan fingerprint density at radius 1 is 1.13 bits per heavy atom. The highest BCUT2D eigenvalue weighted by Gasteiger charge is 2.10. The molecule has 0 atom stereocenters. The molecule has 0 aliphatic carbocycles. The Bertz CT molecular complexity index is 505. The van der Waals surface area contributed by atoms with Crippen LogP contribution in [0.25, 0.3) is 10.6 Å². The lowest BCUT2D eigenvalue weighted by Gasteiger charge is -2.04. The number of hydrogen-bond donors (Lipinski definition) is 0. The average Bonchev–Trinajstić information content (AvgIpc) is 2.58. The van der Waals surface area contributed by atoms with Crippen molar-refractivity contribution in [3.8, 4) is 10.6 Å². The van der Waals surface area contributed by atoms with Crippen molar-refractivity contribution < 1.29 is 0 Å². The van der Waals surface area contributed by atoms with Gasteiger partial charge in [0.05, 0.1) is 10.6 Å². The van der Waals surface area contributed by atoms with Gasteiger partial charge in [0.25, 0.3) is 0 Å². The van der Waals surface area contributed by atoms with E-state index in [1.807, 2.05) is 13.8 Å². The van der Waals surface area contributed by atoms with E-state index in [2.05, 4.69) is 29.0 Å². The summed E-state index contributed by atoms with van der Waals surface area (Å²) in [7, 11) is 0. The van der Waals surface area contributed by atoms with Gasteiger partial charge in [0.1, 0.15) is 11.0 Å². The zero-order valence-corrected chi connectivity index (χ0v) is 10.4. The third-order valence-corrected chi connectivity index (χ3v) is 3.55. The average molecular weight is 239 g/mol. The molecule has 0 saturated carbocycles. The highest BCUT2D eigenvalue weighted by Crippen LogP contribution is 2.30. The second kappa shape index (κ2) is 3.91. The first kappa shape index (κ1) is 10.6. The largest absolute Gasteiger partial charge is 0.232 e. The first-order valence-corrected chi connectivity index (χ1v) is 5.85. The quantitative estimate of drug-likeness (QED) is 0.707. The molecule has 78 valence electrons. The van der Waals surface area contributed by atoms with E-state index in [-0.39, 0.29) is 0 Å². The fourth-order valence-electron chi connectivity index (χ4n) is 1.40. The van der Waals surface area contributed by atoms with Gasteiger partial charge in [0, 0.05) is 10.4 Å². The summed E-state index contributed by atoms with van der Waals surface area (Å²) >= 11 is 7.75. The normalized spacial score (nSPS) is 10.7. The van der Waals surface area contributed by atoms with Crippen molar-refractivity contribution in [2.45, 2.75) is 20.8 Å². The number of thiophene rings is 1. The van der Waals surface area contributed by atoms with E-state index in [1.165, 1.54) is 4.88 Å². The van der Waals surface area contributed by atoms with Crippen LogP contribution in [0, 0.1) is 20.8 Å². The van der Waals surface area contributed by atoms with E-state index in [0.29, 0.717) is 11.0 Å². The highest BCUT2D eigenvalue weighted by molar-refractivity contribution is 7.15. The lowest BCUT2D eigenvalue weighted by Crippen LogP contribution is -1.95. The van der Waals surface area contributed by atoms with Gasteiger partial charge in [-0.3, -0.25) is 0 Å². The van der Waals surface area contributed by atoms with Crippen LogP contribution in [-0.2, 0) is 0 Å². The number of nitrogens with zero attached hydrogens (tertiary/aromatic N) is 2. The molecule has 0 unspecified atom stereocenters. The molecule has 2 aromatic heterocycles. The van der Waals surface area contributed by atoms with Gasteiger partial charge < -0.3 is 0 Å². The minimum atomic E-state index is 0.545. The van der Waals surface area contributed by atoms with Crippen LogP contribution in [0.4, 0.5) is 0 Å². The number of halogens is 1. The molecule has 0 aliphatic rings. The van der Waals surface area contributed by atoms with E-state index in [4.69, 9.17) is 11.6 Å². The fourth-order valence-corrected chi connectivity index (χ4v) is 2.52. The van der Waals surface area contributed by atoms with Crippen LogP contribution in [0.2, 0.25) is 5.15 Å². The van der Waals surface area contributed by atoms with Crippen LogP contribution in [0.5, 0.6) is 0 Å². The van der Waals surface area contributed by atoms with Crippen molar-refractivity contribution >= 4 is 22.9 Å². The van der Waals surface area contributed by atoms with Gasteiger partial charge in [-0.25, -0.2) is 9.97 Å². The molecule has 15 heavy (non-hydrogen) atoms. The van der Waals surface area contributed by atoms with E-state index in [1.54, 1.807) is 11.3 Å². The van der Waals surface area contributed by atoms with Crippen molar-refractivity contribution in [1.82, 2.24) is 9.97 Å². The molecule has 2 aromatic rings. The summed E-state index contributed by atoms with van der Waals surface area (Å²) in [4.78, 5) is 11.0. The number of aryl methyl sites for hydroxylation is 2. The summed E-state index contributed by atoms with van der Waals surface area (Å²) < 4.78 is 0. The van der Waals surface area contributed by atoms with E-state index >= 15 is 0 Å². The van der Waals surface area contributed by atoms with Gasteiger partial charge in [-0.15, -0.1) is 11.3 Å². The molecule has 0 amide bonds. The Hall–Kier alpha value is -0.930. The third kappa shape index (κ3) is 2.03. The summed E-state index contributed by atoms with van der Waals surface area (Å²) in [5.74, 6) is 0.714. The molecule has 0 fully saturated rings. The van der Waals surface area contributed by atoms with Crippen molar-refractivity contribution in [2.75, 3.05) is 0 Å². The minimum Gasteiger partial charge on any atom is -0.232 e. The van der Waals surface area contributed by atoms with Crippen LogP contribution in [0.3, 0.4) is 0 Å². The zero-order valence-electron chi connectivity index (χ0n) is 8.84. The zero-order chi connectivity index (χ0) is 11.0. The fraction of sp³-hybridized carbons (Fsp3) is 0.273. The summed E-state index contributed by atoms with van der Waals surface area (Å²) in [5, 5.41) is 0.545. The Labute approximate surface area is 98.0 Å². The maximum Gasteiger partial charge on any atom is 0.136 e. The molecule has 0 bridgehead atoms. The Morgan fingerprint density at radius 3 is 2.47 bits per heavy atom. The third-order valence-electron chi connectivity index (χ3n) is 2.17. The van der Waals surface area contributed by atoms with E-state index in [9.17, 15) is 0 Å². The topological polar surface area (TPSA) is 25.8 Å². The monoisotopic (exact) mass is 238 g/mol. The molecule has 0 N–H and O–H groups in total. The van der Waals surface area contributed by atoms with Crippen LogP contribution in [-0.4, -0.2) is 9.97 Å². The molecule has 0 saturated heterocycles. The smallest absolute Gasteiger partial charge is 0.136 e. The van der Waals surface area contributed by atoms with Crippen LogP contribution < -0.4 is 0 Å². The van der Waals surface area contributed by atoms with Gasteiger partial charge >= 0.3 is 0 Å². The molecular formula is C11H11ClN2S. The molecule has 0 aliphatic heterocycles. The van der Waals surface area contributed by atoms with Gasteiger partial charge in [-0.05, 0) is 32.9 Å². The molecule has 0 radical (unpaired) electrons. The van der Waals surface area contributed by atoms with Gasteiger partial charge in [0.2, 0.25) is 0 Å². The predicted molar refractivity (Wildman–Crippen MR) is 64.6 cm³/mol. The van der Waals surface area contributed by atoms with Crippen LogP contribution in [0.15, 0.2) is 12.1 Å². The van der Waals surface area contributed by atoms with Crippen molar-refractivity contribution in [2.24, 2.45) is 0 Å². The summed E-state index contributed by atoms with van der Waals surface area (Å²) in [5.41, 5.74) is 1.90. The van der Waals surface area contributed by atoms with Crippen molar-refractivity contribution in [1.29, 1.82) is 0 Å². The second-order valence-electron chi connectivity index (χ2n) is 3.45. The number of rotatable bonds is 1. The SMILES string of the molecule is Cc1nc(Cl)c(C)c(-c2ccc(C)s2)n1. The lowest BCUT2D eigenvalue weighted by molar-refractivity contribution is 1.04. The maximum absolute atomic E-state index is 6.03. The Morgan fingerprint density at radius 2 is 1.87 bits per heavy atom. The number of aromatic nitrogens is 2. The lowest BCUT2D eigenvalue weighted by atomic mass is 10.2. The highest BCUT2D eigenvalue weighted by atomic mass is 35.5. The number of hydrogen-bond acceptors (Lipinski definition) is 3. The molecular weight excluding hydrogens is 228 g/mol. The van der Waals surface area contributed by atoms with Crippen molar-refractivity contribution in [3.63, 3.8) is 0 Å². The predicted octanol–water partition coefficient (Wildman–Crippen LogP) is 3.78. The first-order valence-electron chi connectivity index (χ1n) is 4.65. The van der Waals surface area contributed by atoms with Crippen LogP contribution >= 0.6 is 22.9 Å². The van der Waals surface area contributed by atoms with E-state index in [0.717, 1.165) is 16.1 Å². The first-order chi connectivity index (χ1) is 7.08. The molecule has 0 aromatic carbocycles. The standard InChI is InChI=1S/C11H11ClN2S/c1-6-4-5-9(15-6)10-7(2)11(12)14-8(3)13-10/h4-5H,1-3H3. The minimum absolute atomic E-state index is 0.545. The van der Waals surface area contributed by atoms with Crippen LogP contribution in [0.1, 0.15) is 16.3 Å². The van der Waals surface area contributed by atoms with Gasteiger partial charge in [0.15, 0.2) is 0 Å². The van der Waals surface area contributed by atoms with E-state index < -0.39 is 0 Å². The summed E-state index contributed by atoms with van der Waals surface area (Å²) in [6.45, 7) is 5.89. The van der Waals surface area contributed by atoms with Gasteiger partial charge in [-0.2, -0.15) is 0 Å². The molecule has 2 rings (SSSR count).